The number of hydrogen-bond donors (Lipinski definition) is 4. The summed E-state index contributed by atoms with van der Waals surface area (Å²) in [4.78, 5) is 60.3. The highest BCUT2D eigenvalue weighted by molar-refractivity contribution is 8.00. The number of aryl methyl sites for hydroxylation is 1. The van der Waals surface area contributed by atoms with E-state index in [4.69, 9.17) is 9.90 Å². The lowest BCUT2D eigenvalue weighted by Gasteiger charge is -2.49. The van der Waals surface area contributed by atoms with Gasteiger partial charge < -0.3 is 30.8 Å². The van der Waals surface area contributed by atoms with Crippen molar-refractivity contribution in [2.24, 2.45) is 0 Å². The molecule has 2 aliphatic heterocycles. The van der Waals surface area contributed by atoms with E-state index < -0.39 is 52.6 Å². The highest BCUT2D eigenvalue weighted by Gasteiger charge is 2.54. The number of aliphatic hydroxyl groups is 1. The highest BCUT2D eigenvalue weighted by Crippen LogP contribution is 2.40. The van der Waals surface area contributed by atoms with E-state index in [2.05, 4.69) is 10.3 Å². The smallest absolute Gasteiger partial charge is 0.435 e. The van der Waals surface area contributed by atoms with Gasteiger partial charge >= 0.3 is 11.9 Å². The minimum Gasteiger partial charge on any atom is -0.481 e. The van der Waals surface area contributed by atoms with Crippen LogP contribution in [0.2, 0.25) is 0 Å². The van der Waals surface area contributed by atoms with Crippen molar-refractivity contribution in [2.45, 2.75) is 38.2 Å². The number of imidazole rings is 1. The number of amides is 2. The van der Waals surface area contributed by atoms with E-state index >= 15 is 0 Å². The average molecular weight is 471 g/mol. The van der Waals surface area contributed by atoms with E-state index in [1.54, 1.807) is 6.92 Å². The Morgan fingerprint density at radius 3 is 2.50 bits per heavy atom. The van der Waals surface area contributed by atoms with Crippen molar-refractivity contribution in [2.75, 3.05) is 12.4 Å². The Hall–Kier alpha value is -3.46. The lowest BCUT2D eigenvalue weighted by atomic mass is 10.0. The lowest BCUT2D eigenvalue weighted by Crippen LogP contribution is -2.70. The zero-order valence-corrected chi connectivity index (χ0v) is 17.9. The molecule has 32 heavy (non-hydrogen) atoms. The third-order valence-corrected chi connectivity index (χ3v) is 5.84. The second-order valence-corrected chi connectivity index (χ2v) is 7.74. The molecule has 2 atom stereocenters. The second kappa shape index (κ2) is 10.2. The SMILES string of the molecule is CC(=O)O.CCc1cnc([N+](=O)[O-])n1CC(=O)NC1C(=O)N2C(C(=O)O)=C(CO)CSC12. The summed E-state index contributed by atoms with van der Waals surface area (Å²) in [5, 5.41) is 39.0. The van der Waals surface area contributed by atoms with E-state index in [-0.39, 0.29) is 23.6 Å². The lowest BCUT2D eigenvalue weighted by molar-refractivity contribution is -0.396. The summed E-state index contributed by atoms with van der Waals surface area (Å²) in [5.41, 5.74) is 0.466. The van der Waals surface area contributed by atoms with Gasteiger partial charge in [-0.25, -0.2) is 9.36 Å². The summed E-state index contributed by atoms with van der Waals surface area (Å²) in [6, 6.07) is -0.945. The Balaban J connectivity index is 0.000000837. The minimum absolute atomic E-state index is 0.214. The summed E-state index contributed by atoms with van der Waals surface area (Å²) in [6.07, 6.45) is 1.75. The Morgan fingerprint density at radius 2 is 2.00 bits per heavy atom. The Bertz CT molecular complexity index is 985. The number of aromatic nitrogens is 2. The maximum absolute atomic E-state index is 12.4. The van der Waals surface area contributed by atoms with Gasteiger partial charge in [0.15, 0.2) is 6.54 Å². The van der Waals surface area contributed by atoms with E-state index in [0.717, 1.165) is 16.4 Å². The summed E-state index contributed by atoms with van der Waals surface area (Å²) in [6.45, 7) is 1.98. The molecule has 1 aromatic heterocycles. The number of nitrogens with zero attached hydrogens (tertiary/aromatic N) is 4. The average Bonchev–Trinajstić information content (AvgIpc) is 3.12. The van der Waals surface area contributed by atoms with Gasteiger partial charge in [-0.05, 0) is 10.5 Å². The number of aliphatic carboxylic acids is 2. The summed E-state index contributed by atoms with van der Waals surface area (Å²) >= 11 is 1.23. The van der Waals surface area contributed by atoms with Crippen LogP contribution in [0.5, 0.6) is 0 Å². The van der Waals surface area contributed by atoms with Gasteiger partial charge in [-0.1, -0.05) is 11.9 Å². The van der Waals surface area contributed by atoms with E-state index in [0.29, 0.717) is 12.1 Å². The summed E-state index contributed by atoms with van der Waals surface area (Å²) in [7, 11) is 0. The third kappa shape index (κ3) is 5.05. The van der Waals surface area contributed by atoms with Crippen molar-refractivity contribution < 1.29 is 39.4 Å². The van der Waals surface area contributed by atoms with Gasteiger partial charge in [0.1, 0.15) is 29.0 Å². The van der Waals surface area contributed by atoms with Crippen molar-refractivity contribution in [1.29, 1.82) is 0 Å². The normalized spacial score (nSPS) is 19.3. The molecule has 14 nitrogen and oxygen atoms in total. The van der Waals surface area contributed by atoms with Crippen LogP contribution in [0.1, 0.15) is 19.5 Å². The number of nitro groups is 1. The fourth-order valence-corrected chi connectivity index (χ4v) is 4.50. The molecule has 2 unspecified atom stereocenters. The van der Waals surface area contributed by atoms with Gasteiger partial charge in [0, 0.05) is 19.1 Å². The van der Waals surface area contributed by atoms with Crippen molar-refractivity contribution >= 4 is 41.5 Å². The van der Waals surface area contributed by atoms with Crippen molar-refractivity contribution in [1.82, 2.24) is 19.8 Å². The minimum atomic E-state index is -1.32. The molecule has 1 saturated heterocycles. The van der Waals surface area contributed by atoms with Crippen molar-refractivity contribution in [3.05, 3.63) is 33.3 Å². The van der Waals surface area contributed by atoms with Crippen LogP contribution in [-0.2, 0) is 32.1 Å². The van der Waals surface area contributed by atoms with E-state index in [1.807, 2.05) is 0 Å². The molecule has 0 saturated carbocycles. The number of carboxylic acids is 2. The first-order chi connectivity index (χ1) is 15.0. The number of hydrogen-bond acceptors (Lipinski definition) is 9. The predicted molar refractivity (Wildman–Crippen MR) is 108 cm³/mol. The summed E-state index contributed by atoms with van der Waals surface area (Å²) in [5.74, 6) is -3.64. The van der Waals surface area contributed by atoms with Crippen molar-refractivity contribution in [3.8, 4) is 0 Å². The maximum Gasteiger partial charge on any atom is 0.435 e. The molecule has 15 heteroatoms. The van der Waals surface area contributed by atoms with Crippen LogP contribution in [-0.4, -0.2) is 82.2 Å². The van der Waals surface area contributed by atoms with Crippen LogP contribution in [0, 0.1) is 10.1 Å². The first kappa shape index (κ1) is 24.8. The number of carbonyl (C=O) groups is 4. The largest absolute Gasteiger partial charge is 0.481 e. The number of carbonyl (C=O) groups excluding carboxylic acids is 2. The molecule has 4 N–H and O–H groups in total. The first-order valence-electron chi connectivity index (χ1n) is 9.21. The fourth-order valence-electron chi connectivity index (χ4n) is 3.17. The van der Waals surface area contributed by atoms with Crippen LogP contribution < -0.4 is 5.32 Å². The van der Waals surface area contributed by atoms with E-state index in [1.165, 1.54) is 18.0 Å². The van der Waals surface area contributed by atoms with E-state index in [9.17, 15) is 34.7 Å². The Morgan fingerprint density at radius 1 is 1.38 bits per heavy atom. The molecular weight excluding hydrogens is 450 g/mol. The van der Waals surface area contributed by atoms with Gasteiger partial charge in [-0.2, -0.15) is 0 Å². The first-order valence-corrected chi connectivity index (χ1v) is 10.3. The number of aliphatic hydroxyl groups excluding tert-OH is 1. The monoisotopic (exact) mass is 471 g/mol. The molecule has 0 aliphatic carbocycles. The zero-order chi connectivity index (χ0) is 24.2. The predicted octanol–water partition coefficient (Wildman–Crippen LogP) is -0.824. The molecule has 174 valence electrons. The number of fused-ring (bicyclic) bond motifs is 1. The van der Waals surface area contributed by atoms with Gasteiger partial charge in [-0.3, -0.25) is 19.3 Å². The van der Waals surface area contributed by atoms with Crippen LogP contribution in [0.4, 0.5) is 5.95 Å². The Kier molecular flexibility index (Phi) is 7.93. The standard InChI is InChI=1S/C15H17N5O7S.C2H4O2/c1-2-8-3-16-15(20(26)27)18(8)4-9(22)17-10-12(23)19-11(14(24)25)7(5-21)6-28-13(10)19;1-2(3)4/h3,10,13,21H,2,4-6H2,1H3,(H,17,22)(H,24,25);1H3,(H,3,4). The molecule has 0 bridgehead atoms. The summed E-state index contributed by atoms with van der Waals surface area (Å²) < 4.78 is 1.16. The number of nitrogens with one attached hydrogen (secondary N) is 1. The van der Waals surface area contributed by atoms with Crippen LogP contribution in [0.3, 0.4) is 0 Å². The molecule has 3 rings (SSSR count). The number of β-lactam (4-membered cyclic amide) rings is 1. The molecule has 2 aliphatic rings. The quantitative estimate of drug-likeness (QED) is 0.219. The van der Waals surface area contributed by atoms with Gasteiger partial charge in [-0.15, -0.1) is 11.8 Å². The van der Waals surface area contributed by atoms with Crippen molar-refractivity contribution in [3.63, 3.8) is 0 Å². The number of carboxylic acid groups (broad SMARTS) is 2. The zero-order valence-electron chi connectivity index (χ0n) is 17.0. The second-order valence-electron chi connectivity index (χ2n) is 6.64. The number of rotatable bonds is 7. The molecule has 0 spiro atoms. The maximum atomic E-state index is 12.4. The molecule has 1 aromatic rings. The van der Waals surface area contributed by atoms with Gasteiger partial charge in [0.25, 0.3) is 17.8 Å². The topological polar surface area (TPSA) is 205 Å². The van der Waals surface area contributed by atoms with Crippen LogP contribution in [0.25, 0.3) is 0 Å². The molecule has 0 aromatic carbocycles. The molecule has 3 heterocycles. The molecular formula is C17H21N5O9S. The van der Waals surface area contributed by atoms with Gasteiger partial charge in [0.05, 0.1) is 6.61 Å². The molecule has 2 amide bonds. The van der Waals surface area contributed by atoms with Crippen LogP contribution >= 0.6 is 11.8 Å². The van der Waals surface area contributed by atoms with Crippen LogP contribution in [0.15, 0.2) is 17.5 Å². The molecule has 1 fully saturated rings. The highest BCUT2D eigenvalue weighted by atomic mass is 32.2. The number of thioether (sulfide) groups is 1. The van der Waals surface area contributed by atoms with Gasteiger partial charge in [0.2, 0.25) is 0 Å². The molecule has 0 radical (unpaired) electrons. The fraction of sp³-hybridized carbons (Fsp3) is 0.471. The third-order valence-electron chi connectivity index (χ3n) is 4.50. The Labute approximate surface area is 185 Å².